The molecule has 1 aliphatic heterocycles. The Morgan fingerprint density at radius 1 is 1.12 bits per heavy atom. The van der Waals surface area contributed by atoms with E-state index in [2.05, 4.69) is 0 Å². The molecule has 0 bridgehead atoms. The van der Waals surface area contributed by atoms with Crippen LogP contribution in [0.25, 0.3) is 0 Å². The molecule has 2 aromatic rings. The monoisotopic (exact) mass is 440 g/mol. The Morgan fingerprint density at radius 3 is 2.41 bits per heavy atom. The number of likely N-dealkylation sites (tertiary alicyclic amines) is 1. The molecule has 32 heavy (non-hydrogen) atoms. The summed E-state index contributed by atoms with van der Waals surface area (Å²) in [6.07, 6.45) is 2.08. The van der Waals surface area contributed by atoms with E-state index >= 15 is 0 Å². The van der Waals surface area contributed by atoms with E-state index in [0.717, 1.165) is 35.6 Å². The number of rotatable bonds is 6. The molecule has 1 aliphatic rings. The maximum absolute atomic E-state index is 13.3. The molecular weight excluding hydrogens is 408 g/mol. The lowest BCUT2D eigenvalue weighted by atomic mass is 9.95. The van der Waals surface area contributed by atoms with Gasteiger partial charge >= 0.3 is 0 Å². The molecule has 0 unspecified atom stereocenters. The van der Waals surface area contributed by atoms with Crippen LogP contribution < -0.4 is 9.47 Å². The molecular formula is C24H32N4O4. The average Bonchev–Trinajstić information content (AvgIpc) is 2.80. The van der Waals surface area contributed by atoms with Gasteiger partial charge in [-0.2, -0.15) is 0 Å². The third-order valence-electron chi connectivity index (χ3n) is 5.98. The Labute approximate surface area is 189 Å². The van der Waals surface area contributed by atoms with E-state index in [1.165, 1.54) is 0 Å². The van der Waals surface area contributed by atoms with Crippen molar-refractivity contribution in [2.45, 2.75) is 39.0 Å². The molecule has 8 heteroatoms. The van der Waals surface area contributed by atoms with Crippen LogP contribution in [0.1, 0.15) is 51.9 Å². The van der Waals surface area contributed by atoms with Crippen LogP contribution in [0.5, 0.6) is 11.5 Å². The maximum Gasteiger partial charge on any atom is 0.257 e. The third-order valence-corrected chi connectivity index (χ3v) is 5.98. The van der Waals surface area contributed by atoms with Gasteiger partial charge in [0.2, 0.25) is 5.91 Å². The summed E-state index contributed by atoms with van der Waals surface area (Å²) in [5.41, 5.74) is 3.03. The van der Waals surface area contributed by atoms with Crippen molar-refractivity contribution in [1.82, 2.24) is 19.8 Å². The minimum absolute atomic E-state index is 0.0235. The summed E-state index contributed by atoms with van der Waals surface area (Å²) in [7, 11) is 6.62. The summed E-state index contributed by atoms with van der Waals surface area (Å²) in [4.78, 5) is 38.3. The zero-order valence-corrected chi connectivity index (χ0v) is 19.8. The van der Waals surface area contributed by atoms with E-state index in [1.807, 2.05) is 18.7 Å². The molecule has 1 saturated heterocycles. The highest BCUT2D eigenvalue weighted by molar-refractivity contribution is 5.97. The number of aryl methyl sites for hydroxylation is 2. The number of benzene rings is 1. The maximum atomic E-state index is 13.3. The lowest BCUT2D eigenvalue weighted by Crippen LogP contribution is -2.39. The average molecular weight is 441 g/mol. The van der Waals surface area contributed by atoms with Gasteiger partial charge < -0.3 is 19.3 Å². The predicted octanol–water partition coefficient (Wildman–Crippen LogP) is 2.76. The van der Waals surface area contributed by atoms with Crippen LogP contribution in [0.2, 0.25) is 0 Å². The van der Waals surface area contributed by atoms with Crippen molar-refractivity contribution in [2.75, 3.05) is 41.4 Å². The molecule has 172 valence electrons. The summed E-state index contributed by atoms with van der Waals surface area (Å²) in [5.74, 6) is 1.87. The van der Waals surface area contributed by atoms with Crippen LogP contribution in [0.15, 0.2) is 18.2 Å². The molecule has 2 heterocycles. The number of ether oxygens (including phenoxy) is 2. The van der Waals surface area contributed by atoms with Gasteiger partial charge in [-0.05, 0) is 38.8 Å². The van der Waals surface area contributed by atoms with E-state index in [-0.39, 0.29) is 24.2 Å². The number of hydrogen-bond acceptors (Lipinski definition) is 6. The summed E-state index contributed by atoms with van der Waals surface area (Å²) >= 11 is 0. The number of piperidine rings is 1. The second kappa shape index (κ2) is 9.97. The first-order valence-corrected chi connectivity index (χ1v) is 10.8. The molecule has 1 fully saturated rings. The first kappa shape index (κ1) is 23.5. The fraction of sp³-hybridized carbons (Fsp3) is 0.500. The highest BCUT2D eigenvalue weighted by atomic mass is 16.5. The van der Waals surface area contributed by atoms with Crippen LogP contribution in [-0.4, -0.2) is 73.0 Å². The van der Waals surface area contributed by atoms with Crippen molar-refractivity contribution in [1.29, 1.82) is 0 Å². The second-order valence-corrected chi connectivity index (χ2v) is 8.35. The Kier molecular flexibility index (Phi) is 7.33. The van der Waals surface area contributed by atoms with E-state index in [9.17, 15) is 9.59 Å². The lowest BCUT2D eigenvalue weighted by molar-refractivity contribution is -0.128. The van der Waals surface area contributed by atoms with Crippen LogP contribution in [0.3, 0.4) is 0 Å². The molecule has 0 aliphatic carbocycles. The zero-order valence-electron chi connectivity index (χ0n) is 19.8. The fourth-order valence-electron chi connectivity index (χ4n) is 4.03. The first-order chi connectivity index (χ1) is 15.2. The van der Waals surface area contributed by atoms with Gasteiger partial charge in [0.05, 0.1) is 26.2 Å². The highest BCUT2D eigenvalue weighted by Crippen LogP contribution is 2.30. The summed E-state index contributed by atoms with van der Waals surface area (Å²) in [5, 5.41) is 0. The standard InChI is InChI=1S/C24H32N4O4/c1-15-20(13-22(29)27(3)4)16(2)26-23(25-15)17-8-7-11-28(14-17)24(30)19-10-9-18(31-5)12-21(19)32-6/h9-10,12,17H,7-8,11,13-14H2,1-6H3/t17-/m0/s1. The van der Waals surface area contributed by atoms with Crippen molar-refractivity contribution in [3.05, 3.63) is 46.5 Å². The number of hydrogen-bond donors (Lipinski definition) is 0. The molecule has 1 aromatic heterocycles. The van der Waals surface area contributed by atoms with Crippen LogP contribution in [-0.2, 0) is 11.2 Å². The number of carbonyl (C=O) groups is 2. The van der Waals surface area contributed by atoms with E-state index in [0.29, 0.717) is 30.2 Å². The van der Waals surface area contributed by atoms with Crippen LogP contribution in [0, 0.1) is 13.8 Å². The van der Waals surface area contributed by atoms with Crippen LogP contribution in [0.4, 0.5) is 0 Å². The van der Waals surface area contributed by atoms with Gasteiger partial charge in [0.1, 0.15) is 17.3 Å². The Bertz CT molecular complexity index is 982. The van der Waals surface area contributed by atoms with Crippen molar-refractivity contribution in [2.24, 2.45) is 0 Å². The molecule has 8 nitrogen and oxygen atoms in total. The number of aromatic nitrogens is 2. The SMILES string of the molecule is COc1ccc(C(=O)N2CCC[C@H](c3nc(C)c(CC(=O)N(C)C)c(C)n3)C2)c(OC)c1. The fourth-order valence-corrected chi connectivity index (χ4v) is 4.03. The third kappa shape index (κ3) is 5.00. The number of amides is 2. The number of likely N-dealkylation sites (N-methyl/N-ethyl adjacent to an activating group) is 1. The molecule has 1 aromatic carbocycles. The largest absolute Gasteiger partial charge is 0.497 e. The summed E-state index contributed by atoms with van der Waals surface area (Å²) < 4.78 is 10.7. The number of carbonyl (C=O) groups excluding carboxylic acids is 2. The predicted molar refractivity (Wildman–Crippen MR) is 121 cm³/mol. The van der Waals surface area contributed by atoms with E-state index in [1.54, 1.807) is 51.4 Å². The van der Waals surface area contributed by atoms with Gasteiger partial charge in [0.15, 0.2) is 0 Å². The molecule has 1 atom stereocenters. The Hall–Kier alpha value is -3.16. The molecule has 3 rings (SSSR count). The van der Waals surface area contributed by atoms with E-state index in [4.69, 9.17) is 19.4 Å². The van der Waals surface area contributed by atoms with Crippen molar-refractivity contribution < 1.29 is 19.1 Å². The van der Waals surface area contributed by atoms with Gasteiger partial charge in [-0.25, -0.2) is 9.97 Å². The molecule has 0 radical (unpaired) electrons. The highest BCUT2D eigenvalue weighted by Gasteiger charge is 2.29. The first-order valence-electron chi connectivity index (χ1n) is 10.8. The number of nitrogens with zero attached hydrogens (tertiary/aromatic N) is 4. The quantitative estimate of drug-likeness (QED) is 0.687. The van der Waals surface area contributed by atoms with Gasteiger partial charge in [-0.1, -0.05) is 0 Å². The summed E-state index contributed by atoms with van der Waals surface area (Å²) in [6.45, 7) is 5.07. The lowest BCUT2D eigenvalue weighted by Gasteiger charge is -2.32. The van der Waals surface area contributed by atoms with Crippen molar-refractivity contribution >= 4 is 11.8 Å². The second-order valence-electron chi connectivity index (χ2n) is 8.35. The molecule has 2 amide bonds. The zero-order chi connectivity index (χ0) is 23.4. The van der Waals surface area contributed by atoms with Crippen molar-refractivity contribution in [3.8, 4) is 11.5 Å². The van der Waals surface area contributed by atoms with Gasteiger partial charge in [0.25, 0.3) is 5.91 Å². The Balaban J connectivity index is 1.80. The van der Waals surface area contributed by atoms with Gasteiger partial charge in [0, 0.05) is 56.1 Å². The summed E-state index contributed by atoms with van der Waals surface area (Å²) in [6, 6.07) is 5.23. The Morgan fingerprint density at radius 2 is 1.81 bits per heavy atom. The minimum atomic E-state index is -0.0733. The molecule has 0 N–H and O–H groups in total. The molecule has 0 saturated carbocycles. The van der Waals surface area contributed by atoms with Gasteiger partial charge in [-0.15, -0.1) is 0 Å². The molecule has 0 spiro atoms. The van der Waals surface area contributed by atoms with Crippen LogP contribution >= 0.6 is 0 Å². The van der Waals surface area contributed by atoms with E-state index < -0.39 is 0 Å². The normalized spacial score (nSPS) is 15.9. The number of methoxy groups -OCH3 is 2. The minimum Gasteiger partial charge on any atom is -0.497 e. The van der Waals surface area contributed by atoms with Crippen molar-refractivity contribution in [3.63, 3.8) is 0 Å². The topological polar surface area (TPSA) is 84.9 Å². The van der Waals surface area contributed by atoms with Gasteiger partial charge in [-0.3, -0.25) is 9.59 Å². The smallest absolute Gasteiger partial charge is 0.257 e.